The van der Waals surface area contributed by atoms with E-state index in [1.165, 1.54) is 7.11 Å². The average Bonchev–Trinajstić information content (AvgIpc) is 2.38. The van der Waals surface area contributed by atoms with Gasteiger partial charge in [-0.25, -0.2) is 0 Å². The number of likely N-dealkylation sites (N-methyl/N-ethyl adjacent to an activating group) is 2. The Morgan fingerprint density at radius 1 is 1.00 bits per heavy atom. The first kappa shape index (κ1) is 14.0. The van der Waals surface area contributed by atoms with Gasteiger partial charge >= 0.3 is 6.01 Å². The van der Waals surface area contributed by atoms with E-state index in [9.17, 15) is 0 Å². The quantitative estimate of drug-likeness (QED) is 0.675. The molecule has 0 radical (unpaired) electrons. The first-order valence-corrected chi connectivity index (χ1v) is 5.56. The maximum Gasteiger partial charge on any atom is 0.322 e. The molecule has 1 aromatic heterocycles. The fourth-order valence-electron chi connectivity index (χ4n) is 1.32. The first-order valence-electron chi connectivity index (χ1n) is 5.56. The van der Waals surface area contributed by atoms with Crippen LogP contribution in [0.1, 0.15) is 0 Å². The molecular weight excluding hydrogens is 230 g/mol. The van der Waals surface area contributed by atoms with Crippen molar-refractivity contribution in [2.75, 3.05) is 44.1 Å². The summed E-state index contributed by atoms with van der Waals surface area (Å²) in [5.74, 6) is 1.10. The number of rotatable bonds is 7. The monoisotopic (exact) mass is 249 g/mol. The van der Waals surface area contributed by atoms with E-state index in [0.717, 1.165) is 0 Å². The summed E-state index contributed by atoms with van der Waals surface area (Å²) in [5.41, 5.74) is 0. The molecule has 98 valence electrons. The fraction of sp³-hybridized carbons (Fsp3) is 0.417. The molecule has 1 rings (SSSR count). The molecular formula is C12H19N5O. The number of hydrogen-bond donors (Lipinski definition) is 0. The average molecular weight is 249 g/mol. The lowest BCUT2D eigenvalue weighted by Gasteiger charge is -2.19. The lowest BCUT2D eigenvalue weighted by molar-refractivity contribution is 0.378. The second kappa shape index (κ2) is 6.58. The molecule has 0 amide bonds. The summed E-state index contributed by atoms with van der Waals surface area (Å²) in [6.45, 7) is 8.68. The molecule has 0 aliphatic rings. The van der Waals surface area contributed by atoms with Crippen LogP contribution in [0.15, 0.2) is 25.3 Å². The van der Waals surface area contributed by atoms with Crippen LogP contribution in [0.2, 0.25) is 0 Å². The maximum atomic E-state index is 5.08. The first-order chi connectivity index (χ1) is 8.62. The van der Waals surface area contributed by atoms with Gasteiger partial charge in [0.05, 0.1) is 7.11 Å². The van der Waals surface area contributed by atoms with Crippen molar-refractivity contribution < 1.29 is 4.74 Å². The standard InChI is InChI=1S/C12H19N5O/c1-6-8-16(3)10-13-11(17(4)9-7-2)15-12(14-10)18-5/h6-7H,1-2,8-9H2,3-5H3. The zero-order valence-electron chi connectivity index (χ0n) is 11.1. The lowest BCUT2D eigenvalue weighted by Crippen LogP contribution is -2.24. The van der Waals surface area contributed by atoms with Gasteiger partial charge in [0.1, 0.15) is 0 Å². The Bertz CT molecular complexity index is 387. The van der Waals surface area contributed by atoms with Crippen LogP contribution in [-0.4, -0.2) is 49.2 Å². The molecule has 6 heteroatoms. The Kier molecular flexibility index (Phi) is 5.10. The number of ether oxygens (including phenoxy) is 1. The molecule has 0 aliphatic carbocycles. The molecule has 0 atom stereocenters. The van der Waals surface area contributed by atoms with Crippen LogP contribution < -0.4 is 14.5 Å². The van der Waals surface area contributed by atoms with Gasteiger partial charge in [0.2, 0.25) is 11.9 Å². The molecule has 0 aromatic carbocycles. The number of methoxy groups -OCH3 is 1. The minimum absolute atomic E-state index is 0.293. The SMILES string of the molecule is C=CCN(C)c1nc(OC)nc(N(C)CC=C)n1. The van der Waals surface area contributed by atoms with E-state index in [1.807, 2.05) is 23.9 Å². The molecule has 6 nitrogen and oxygen atoms in total. The molecule has 18 heavy (non-hydrogen) atoms. The number of anilines is 2. The molecule has 0 unspecified atom stereocenters. The zero-order chi connectivity index (χ0) is 13.5. The number of hydrogen-bond acceptors (Lipinski definition) is 6. The summed E-state index contributed by atoms with van der Waals surface area (Å²) in [6.07, 6.45) is 3.56. The van der Waals surface area contributed by atoms with Gasteiger partial charge in [0.15, 0.2) is 0 Å². The summed E-state index contributed by atoms with van der Waals surface area (Å²) in [4.78, 5) is 16.5. The van der Waals surface area contributed by atoms with E-state index in [0.29, 0.717) is 31.0 Å². The van der Waals surface area contributed by atoms with E-state index in [-0.39, 0.29) is 0 Å². The van der Waals surface area contributed by atoms with Crippen molar-refractivity contribution in [3.8, 4) is 6.01 Å². The van der Waals surface area contributed by atoms with Gasteiger partial charge in [-0.2, -0.15) is 15.0 Å². The third kappa shape index (κ3) is 3.44. The summed E-state index contributed by atoms with van der Waals surface area (Å²) < 4.78 is 5.08. The molecule has 0 bridgehead atoms. The minimum Gasteiger partial charge on any atom is -0.467 e. The van der Waals surface area contributed by atoms with Crippen LogP contribution in [-0.2, 0) is 0 Å². The van der Waals surface area contributed by atoms with Gasteiger partial charge in [-0.15, -0.1) is 13.2 Å². The van der Waals surface area contributed by atoms with Crippen LogP contribution in [0.3, 0.4) is 0 Å². The molecule has 1 aromatic rings. The smallest absolute Gasteiger partial charge is 0.322 e. The Morgan fingerprint density at radius 2 is 1.44 bits per heavy atom. The predicted molar refractivity (Wildman–Crippen MR) is 73.3 cm³/mol. The van der Waals surface area contributed by atoms with Gasteiger partial charge in [-0.05, 0) is 0 Å². The van der Waals surface area contributed by atoms with E-state index in [2.05, 4.69) is 28.1 Å². The van der Waals surface area contributed by atoms with Crippen molar-refractivity contribution in [3.63, 3.8) is 0 Å². The van der Waals surface area contributed by atoms with Gasteiger partial charge < -0.3 is 14.5 Å². The molecule has 0 saturated carbocycles. The van der Waals surface area contributed by atoms with Crippen LogP contribution in [0.25, 0.3) is 0 Å². The van der Waals surface area contributed by atoms with Gasteiger partial charge in [0, 0.05) is 27.2 Å². The molecule has 1 heterocycles. The molecule has 0 fully saturated rings. The van der Waals surface area contributed by atoms with Gasteiger partial charge in [0.25, 0.3) is 0 Å². The van der Waals surface area contributed by atoms with Crippen molar-refractivity contribution in [3.05, 3.63) is 25.3 Å². The van der Waals surface area contributed by atoms with Crippen LogP contribution in [0.4, 0.5) is 11.9 Å². The lowest BCUT2D eigenvalue weighted by atomic mass is 10.5. The second-order valence-electron chi connectivity index (χ2n) is 3.76. The predicted octanol–water partition coefficient (Wildman–Crippen LogP) is 1.12. The highest BCUT2D eigenvalue weighted by molar-refractivity contribution is 5.40. The van der Waals surface area contributed by atoms with Crippen LogP contribution >= 0.6 is 0 Å². The molecule has 0 saturated heterocycles. The van der Waals surface area contributed by atoms with E-state index in [1.54, 1.807) is 12.2 Å². The highest BCUT2D eigenvalue weighted by atomic mass is 16.5. The van der Waals surface area contributed by atoms with E-state index < -0.39 is 0 Å². The summed E-state index contributed by atoms with van der Waals surface area (Å²) in [5, 5.41) is 0. The number of nitrogens with zero attached hydrogens (tertiary/aromatic N) is 5. The second-order valence-corrected chi connectivity index (χ2v) is 3.76. The van der Waals surface area contributed by atoms with Crippen molar-refractivity contribution in [2.45, 2.75) is 0 Å². The molecule has 0 aliphatic heterocycles. The van der Waals surface area contributed by atoms with E-state index >= 15 is 0 Å². The highest BCUT2D eigenvalue weighted by Crippen LogP contribution is 2.15. The zero-order valence-corrected chi connectivity index (χ0v) is 11.1. The Hall–Kier alpha value is -2.11. The fourth-order valence-corrected chi connectivity index (χ4v) is 1.32. The number of aromatic nitrogens is 3. The Labute approximate surface area is 108 Å². The van der Waals surface area contributed by atoms with Crippen molar-refractivity contribution >= 4 is 11.9 Å². The van der Waals surface area contributed by atoms with Crippen LogP contribution in [0, 0.1) is 0 Å². The Balaban J connectivity index is 3.07. The highest BCUT2D eigenvalue weighted by Gasteiger charge is 2.12. The van der Waals surface area contributed by atoms with Gasteiger partial charge in [-0.3, -0.25) is 0 Å². The molecule has 0 spiro atoms. The van der Waals surface area contributed by atoms with Crippen molar-refractivity contribution in [1.29, 1.82) is 0 Å². The summed E-state index contributed by atoms with van der Waals surface area (Å²) in [6, 6.07) is 0.293. The normalized spacial score (nSPS) is 9.72. The third-order valence-corrected chi connectivity index (χ3v) is 2.26. The largest absolute Gasteiger partial charge is 0.467 e. The van der Waals surface area contributed by atoms with E-state index in [4.69, 9.17) is 4.74 Å². The van der Waals surface area contributed by atoms with Crippen LogP contribution in [0.5, 0.6) is 6.01 Å². The van der Waals surface area contributed by atoms with Crippen molar-refractivity contribution in [1.82, 2.24) is 15.0 Å². The maximum absolute atomic E-state index is 5.08. The summed E-state index contributed by atoms with van der Waals surface area (Å²) >= 11 is 0. The molecule has 0 N–H and O–H groups in total. The van der Waals surface area contributed by atoms with Crippen molar-refractivity contribution in [2.24, 2.45) is 0 Å². The minimum atomic E-state index is 0.293. The van der Waals surface area contributed by atoms with Gasteiger partial charge in [-0.1, -0.05) is 12.2 Å². The topological polar surface area (TPSA) is 54.4 Å². The Morgan fingerprint density at radius 3 is 1.78 bits per heavy atom. The third-order valence-electron chi connectivity index (χ3n) is 2.26. The summed E-state index contributed by atoms with van der Waals surface area (Å²) in [7, 11) is 5.30.